The number of rotatable bonds is 4. The molecule has 2 unspecified atom stereocenters. The number of hydrogen-bond donors (Lipinski definition) is 6. The molecule has 0 aromatic carbocycles. The van der Waals surface area contributed by atoms with Crippen LogP contribution in [0.25, 0.3) is 0 Å². The van der Waals surface area contributed by atoms with E-state index in [0.717, 1.165) is 0 Å². The Bertz CT molecular complexity index is 453. The van der Waals surface area contributed by atoms with Crippen molar-refractivity contribution in [2.45, 2.75) is 70.0 Å². The number of aliphatic hydroxyl groups is 4. The summed E-state index contributed by atoms with van der Waals surface area (Å²) in [5, 5.41) is 43.1. The van der Waals surface area contributed by atoms with Gasteiger partial charge in [0.2, 0.25) is 5.91 Å². The van der Waals surface area contributed by atoms with Crippen LogP contribution < -0.4 is 10.6 Å². The van der Waals surface area contributed by atoms with E-state index in [1.165, 1.54) is 6.92 Å². The van der Waals surface area contributed by atoms with Crippen LogP contribution in [-0.4, -0.2) is 81.3 Å². The molecule has 24 heavy (non-hydrogen) atoms. The summed E-state index contributed by atoms with van der Waals surface area (Å²) in [5.74, 6) is -0.720. The number of nitrogens with one attached hydrogen (secondary N) is 2. The van der Waals surface area contributed by atoms with Crippen LogP contribution in [0.2, 0.25) is 0 Å². The van der Waals surface area contributed by atoms with Crippen molar-refractivity contribution in [1.29, 1.82) is 0 Å². The number of aliphatic hydroxyl groups excluding tert-OH is 4. The van der Waals surface area contributed by atoms with Gasteiger partial charge in [-0.05, 0) is 27.7 Å². The van der Waals surface area contributed by atoms with E-state index in [9.17, 15) is 24.9 Å². The quantitative estimate of drug-likeness (QED) is 0.334. The lowest BCUT2D eigenvalue weighted by atomic mass is 9.97. The van der Waals surface area contributed by atoms with Gasteiger partial charge >= 0.3 is 6.09 Å². The van der Waals surface area contributed by atoms with Gasteiger partial charge in [0, 0.05) is 0 Å². The third-order valence-electron chi connectivity index (χ3n) is 3.34. The van der Waals surface area contributed by atoms with Crippen molar-refractivity contribution in [3.63, 3.8) is 0 Å². The van der Waals surface area contributed by atoms with Gasteiger partial charge in [0.25, 0.3) is 0 Å². The summed E-state index contributed by atoms with van der Waals surface area (Å²) in [6.07, 6.45) is -6.63. The topological polar surface area (TPSA) is 158 Å². The molecule has 0 radical (unpaired) electrons. The Morgan fingerprint density at radius 1 is 1.21 bits per heavy atom. The highest BCUT2D eigenvalue weighted by molar-refractivity contribution is 5.85. The number of amides is 2. The minimum absolute atomic E-state index is 0.605. The highest BCUT2D eigenvalue weighted by Gasteiger charge is 2.44. The number of alkyl carbamates (subject to hydrolysis) is 1. The Hall–Kier alpha value is -1.46. The van der Waals surface area contributed by atoms with Crippen molar-refractivity contribution in [3.8, 4) is 0 Å². The van der Waals surface area contributed by atoms with Crippen LogP contribution in [0, 0.1) is 0 Å². The Labute approximate surface area is 139 Å². The molecular weight excluding hydrogens is 324 g/mol. The van der Waals surface area contributed by atoms with Gasteiger partial charge in [0.1, 0.15) is 36.0 Å². The van der Waals surface area contributed by atoms with Crippen molar-refractivity contribution in [3.05, 3.63) is 0 Å². The number of hydrogen-bond acceptors (Lipinski definition) is 8. The summed E-state index contributed by atoms with van der Waals surface area (Å²) in [7, 11) is 0. The van der Waals surface area contributed by atoms with Gasteiger partial charge in [0.05, 0.1) is 6.61 Å². The normalized spacial score (nSPS) is 31.9. The molecule has 1 saturated heterocycles. The lowest BCUT2D eigenvalue weighted by Gasteiger charge is -2.40. The minimum atomic E-state index is -1.63. The van der Waals surface area contributed by atoms with E-state index in [2.05, 4.69) is 10.6 Å². The van der Waals surface area contributed by atoms with Crippen LogP contribution >= 0.6 is 0 Å². The fourth-order valence-electron chi connectivity index (χ4n) is 2.09. The molecule has 140 valence electrons. The smallest absolute Gasteiger partial charge is 0.408 e. The molecule has 6 atom stereocenters. The highest BCUT2D eigenvalue weighted by atomic mass is 16.6. The minimum Gasteiger partial charge on any atom is -0.444 e. The summed E-state index contributed by atoms with van der Waals surface area (Å²) in [5.41, 5.74) is -0.729. The molecule has 0 aromatic rings. The van der Waals surface area contributed by atoms with E-state index in [-0.39, 0.29) is 0 Å². The Balaban J connectivity index is 2.61. The maximum Gasteiger partial charge on any atom is 0.408 e. The summed E-state index contributed by atoms with van der Waals surface area (Å²) >= 11 is 0. The number of carbonyl (C=O) groups is 2. The maximum atomic E-state index is 12.1. The zero-order chi connectivity index (χ0) is 18.7. The maximum absolute atomic E-state index is 12.1. The van der Waals surface area contributed by atoms with Gasteiger partial charge in [0.15, 0.2) is 6.29 Å². The highest BCUT2D eigenvalue weighted by Crippen LogP contribution is 2.19. The zero-order valence-electron chi connectivity index (χ0n) is 14.1. The molecule has 10 heteroatoms. The summed E-state index contributed by atoms with van der Waals surface area (Å²) in [4.78, 5) is 23.7. The average Bonchev–Trinajstić information content (AvgIpc) is 2.44. The summed E-state index contributed by atoms with van der Waals surface area (Å²) in [6.45, 7) is 5.79. The van der Waals surface area contributed by atoms with Gasteiger partial charge in [-0.1, -0.05) is 0 Å². The van der Waals surface area contributed by atoms with E-state index in [1.54, 1.807) is 20.8 Å². The van der Waals surface area contributed by atoms with Crippen molar-refractivity contribution in [2.75, 3.05) is 6.61 Å². The van der Waals surface area contributed by atoms with E-state index in [0.29, 0.717) is 0 Å². The van der Waals surface area contributed by atoms with Crippen LogP contribution in [0.4, 0.5) is 4.79 Å². The second kappa shape index (κ2) is 8.08. The fraction of sp³-hybridized carbons (Fsp3) is 0.857. The predicted molar refractivity (Wildman–Crippen MR) is 80.7 cm³/mol. The molecule has 2 amide bonds. The Morgan fingerprint density at radius 2 is 1.79 bits per heavy atom. The van der Waals surface area contributed by atoms with Crippen LogP contribution in [0.5, 0.6) is 0 Å². The standard InChI is InChI=1S/C14H26N2O8/c1-6(15-13(22)24-14(2,3)4)11(20)16-8-10(19)9(18)7(5-17)23-12(8)21/h6-10,12,17-19,21H,5H2,1-4H3,(H,15,22)(H,16,20)/t6?,7-,8-,9-,10-,12?/m1/s1. The molecule has 1 fully saturated rings. The van der Waals surface area contributed by atoms with E-state index in [4.69, 9.17) is 14.6 Å². The van der Waals surface area contributed by atoms with Crippen molar-refractivity contribution < 1.29 is 39.5 Å². The third kappa shape index (κ3) is 5.56. The molecule has 1 aliphatic rings. The number of ether oxygens (including phenoxy) is 2. The van der Waals surface area contributed by atoms with Gasteiger partial charge < -0.3 is 40.5 Å². The molecule has 1 heterocycles. The lowest BCUT2D eigenvalue weighted by Crippen LogP contribution is -2.65. The molecule has 0 bridgehead atoms. The first kappa shape index (κ1) is 20.6. The largest absolute Gasteiger partial charge is 0.444 e. The van der Waals surface area contributed by atoms with Gasteiger partial charge in [-0.15, -0.1) is 0 Å². The first-order chi connectivity index (χ1) is 11.0. The van der Waals surface area contributed by atoms with Crippen molar-refractivity contribution in [2.24, 2.45) is 0 Å². The monoisotopic (exact) mass is 350 g/mol. The molecule has 0 spiro atoms. The van der Waals surface area contributed by atoms with Crippen LogP contribution in [0.15, 0.2) is 0 Å². The molecule has 10 nitrogen and oxygen atoms in total. The Kier molecular flexibility index (Phi) is 6.93. The van der Waals surface area contributed by atoms with E-state index < -0.39 is 60.9 Å². The molecular formula is C14H26N2O8. The van der Waals surface area contributed by atoms with Crippen molar-refractivity contribution >= 4 is 12.0 Å². The second-order valence-electron chi connectivity index (χ2n) is 6.63. The number of carbonyl (C=O) groups excluding carboxylic acids is 2. The molecule has 0 aromatic heterocycles. The third-order valence-corrected chi connectivity index (χ3v) is 3.34. The molecule has 1 aliphatic heterocycles. The SMILES string of the molecule is CC(NC(=O)OC(C)(C)C)C(=O)N[C@H]1C(O)O[C@H](CO)[C@@H](O)[C@@H]1O. The fourth-order valence-corrected chi connectivity index (χ4v) is 2.09. The summed E-state index contributed by atoms with van der Waals surface area (Å²) in [6, 6.07) is -2.34. The van der Waals surface area contributed by atoms with Crippen LogP contribution in [0.3, 0.4) is 0 Å². The summed E-state index contributed by atoms with van der Waals surface area (Å²) < 4.78 is 9.94. The van der Waals surface area contributed by atoms with Crippen LogP contribution in [-0.2, 0) is 14.3 Å². The molecule has 6 N–H and O–H groups in total. The first-order valence-electron chi connectivity index (χ1n) is 7.56. The molecule has 0 saturated carbocycles. The van der Waals surface area contributed by atoms with E-state index >= 15 is 0 Å². The Morgan fingerprint density at radius 3 is 2.29 bits per heavy atom. The molecule has 0 aliphatic carbocycles. The van der Waals surface area contributed by atoms with E-state index in [1.807, 2.05) is 0 Å². The van der Waals surface area contributed by atoms with Crippen molar-refractivity contribution in [1.82, 2.24) is 10.6 Å². The first-order valence-corrected chi connectivity index (χ1v) is 7.56. The predicted octanol–water partition coefficient (Wildman–Crippen LogP) is -2.18. The molecule has 1 rings (SSSR count). The zero-order valence-corrected chi connectivity index (χ0v) is 14.1. The second-order valence-corrected chi connectivity index (χ2v) is 6.63. The van der Waals surface area contributed by atoms with Gasteiger partial charge in [-0.2, -0.15) is 0 Å². The lowest BCUT2D eigenvalue weighted by molar-refractivity contribution is -0.253. The van der Waals surface area contributed by atoms with Crippen LogP contribution in [0.1, 0.15) is 27.7 Å². The van der Waals surface area contributed by atoms with Gasteiger partial charge in [-0.25, -0.2) is 4.79 Å². The van der Waals surface area contributed by atoms with Gasteiger partial charge in [-0.3, -0.25) is 4.79 Å². The average molecular weight is 350 g/mol.